The van der Waals surface area contributed by atoms with Crippen LogP contribution < -0.4 is 4.90 Å². The van der Waals surface area contributed by atoms with E-state index < -0.39 is 6.10 Å². The molecule has 1 atom stereocenters. The number of ether oxygens (including phenoxy) is 1. The molecule has 0 aliphatic carbocycles. The Morgan fingerprint density at radius 3 is 2.47 bits per heavy atom. The summed E-state index contributed by atoms with van der Waals surface area (Å²) < 4.78 is 17.0. The highest BCUT2D eigenvalue weighted by Crippen LogP contribution is 2.33. The van der Waals surface area contributed by atoms with Crippen LogP contribution in [0.5, 0.6) is 0 Å². The molecule has 2 aromatic heterocycles. The summed E-state index contributed by atoms with van der Waals surface area (Å²) in [4.78, 5) is 6.66. The molecule has 0 radical (unpaired) electrons. The minimum atomic E-state index is -0.495. The number of morpholine rings is 1. The van der Waals surface area contributed by atoms with Crippen molar-refractivity contribution in [3.63, 3.8) is 0 Å². The van der Waals surface area contributed by atoms with E-state index >= 15 is 0 Å². The van der Waals surface area contributed by atoms with Gasteiger partial charge in [0.2, 0.25) is 5.88 Å². The molecule has 0 saturated carbocycles. The minimum Gasteiger partial charge on any atom is -0.468 e. The molecular weight excluding hydrogens is 432 g/mol. The predicted octanol–water partition coefficient (Wildman–Crippen LogP) is 3.48. The molecule has 8 heteroatoms. The standard InChI is InChI=1S/C26H36N4O4/c1-3-30(4-2)26-24(25(27-34-26)21-9-6-5-7-10-21)20-29(19-23-11-8-14-33-23)18-22(31)17-28-12-15-32-16-13-28/h5-11,14,22,31H,3-4,12-13,15-20H2,1-2H3. The molecule has 4 rings (SSSR count). The Hall–Kier alpha value is -2.65. The van der Waals surface area contributed by atoms with Gasteiger partial charge in [-0.3, -0.25) is 9.80 Å². The number of rotatable bonds is 12. The van der Waals surface area contributed by atoms with E-state index in [9.17, 15) is 5.11 Å². The highest BCUT2D eigenvalue weighted by Gasteiger charge is 2.25. The van der Waals surface area contributed by atoms with Crippen LogP contribution in [-0.4, -0.2) is 78.6 Å². The van der Waals surface area contributed by atoms with Crippen molar-refractivity contribution in [1.29, 1.82) is 0 Å². The molecule has 1 aromatic carbocycles. The molecule has 1 N–H and O–H groups in total. The molecule has 0 amide bonds. The number of β-amino-alcohol motifs (C(OH)–C–C–N with tert-alkyl or cyclic N) is 1. The van der Waals surface area contributed by atoms with E-state index in [2.05, 4.69) is 45.8 Å². The van der Waals surface area contributed by atoms with Crippen molar-refractivity contribution in [2.24, 2.45) is 0 Å². The molecule has 1 aliphatic heterocycles. The van der Waals surface area contributed by atoms with Crippen LogP contribution >= 0.6 is 0 Å². The van der Waals surface area contributed by atoms with E-state index in [-0.39, 0.29) is 0 Å². The summed E-state index contributed by atoms with van der Waals surface area (Å²) in [5.41, 5.74) is 2.89. The first-order valence-corrected chi connectivity index (χ1v) is 12.2. The maximum Gasteiger partial charge on any atom is 0.232 e. The Morgan fingerprint density at radius 1 is 1.03 bits per heavy atom. The van der Waals surface area contributed by atoms with Crippen LogP contribution in [-0.2, 0) is 17.8 Å². The average molecular weight is 469 g/mol. The first-order chi connectivity index (χ1) is 16.7. The molecule has 184 valence electrons. The Bertz CT molecular complexity index is 966. The minimum absolute atomic E-state index is 0.495. The smallest absolute Gasteiger partial charge is 0.232 e. The molecule has 0 spiro atoms. The monoisotopic (exact) mass is 468 g/mol. The van der Waals surface area contributed by atoms with Gasteiger partial charge in [0.05, 0.1) is 37.7 Å². The van der Waals surface area contributed by atoms with Gasteiger partial charge in [0.25, 0.3) is 0 Å². The third-order valence-electron chi connectivity index (χ3n) is 6.25. The molecule has 1 saturated heterocycles. The Balaban J connectivity index is 1.59. The molecule has 1 fully saturated rings. The van der Waals surface area contributed by atoms with E-state index in [1.807, 2.05) is 30.3 Å². The zero-order valence-electron chi connectivity index (χ0n) is 20.2. The van der Waals surface area contributed by atoms with Crippen molar-refractivity contribution < 1.29 is 18.8 Å². The summed E-state index contributed by atoms with van der Waals surface area (Å²) in [5, 5.41) is 15.5. The molecule has 3 heterocycles. The molecular formula is C26H36N4O4. The van der Waals surface area contributed by atoms with Gasteiger partial charge in [-0.05, 0) is 26.0 Å². The Kier molecular flexibility index (Phi) is 8.76. The number of aromatic nitrogens is 1. The fourth-order valence-corrected chi connectivity index (χ4v) is 4.49. The van der Waals surface area contributed by atoms with E-state index in [0.717, 1.165) is 67.9 Å². The van der Waals surface area contributed by atoms with Crippen LogP contribution in [0.2, 0.25) is 0 Å². The van der Waals surface area contributed by atoms with Gasteiger partial charge in [0, 0.05) is 51.4 Å². The van der Waals surface area contributed by atoms with Gasteiger partial charge >= 0.3 is 0 Å². The number of anilines is 1. The first-order valence-electron chi connectivity index (χ1n) is 12.2. The lowest BCUT2D eigenvalue weighted by Gasteiger charge is -2.31. The van der Waals surface area contributed by atoms with Gasteiger partial charge in [-0.1, -0.05) is 35.5 Å². The van der Waals surface area contributed by atoms with Crippen LogP contribution in [0.4, 0.5) is 5.88 Å². The fourth-order valence-electron chi connectivity index (χ4n) is 4.49. The van der Waals surface area contributed by atoms with E-state index in [4.69, 9.17) is 13.7 Å². The van der Waals surface area contributed by atoms with E-state index in [0.29, 0.717) is 26.2 Å². The van der Waals surface area contributed by atoms with Gasteiger partial charge in [0.1, 0.15) is 11.5 Å². The second kappa shape index (κ2) is 12.2. The van der Waals surface area contributed by atoms with Crippen molar-refractivity contribution in [3.8, 4) is 11.3 Å². The number of aliphatic hydroxyl groups excluding tert-OH is 1. The van der Waals surface area contributed by atoms with Crippen LogP contribution in [0, 0.1) is 0 Å². The quantitative estimate of drug-likeness (QED) is 0.433. The number of hydrogen-bond acceptors (Lipinski definition) is 8. The van der Waals surface area contributed by atoms with Crippen molar-refractivity contribution in [1.82, 2.24) is 15.0 Å². The molecule has 1 unspecified atom stereocenters. The maximum absolute atomic E-state index is 11.0. The highest BCUT2D eigenvalue weighted by atomic mass is 16.5. The number of benzene rings is 1. The van der Waals surface area contributed by atoms with Gasteiger partial charge in [-0.25, -0.2) is 0 Å². The summed E-state index contributed by atoms with van der Waals surface area (Å²) in [6.45, 7) is 11.3. The molecule has 34 heavy (non-hydrogen) atoms. The van der Waals surface area contributed by atoms with Gasteiger partial charge in [-0.15, -0.1) is 0 Å². The molecule has 8 nitrogen and oxygen atoms in total. The van der Waals surface area contributed by atoms with Gasteiger partial charge in [0.15, 0.2) is 0 Å². The summed E-state index contributed by atoms with van der Waals surface area (Å²) >= 11 is 0. The zero-order chi connectivity index (χ0) is 23.8. The lowest BCUT2D eigenvalue weighted by molar-refractivity contribution is 0.00508. The van der Waals surface area contributed by atoms with Crippen LogP contribution in [0.25, 0.3) is 11.3 Å². The van der Waals surface area contributed by atoms with E-state index in [1.165, 1.54) is 0 Å². The third kappa shape index (κ3) is 6.27. The maximum atomic E-state index is 11.0. The first kappa shape index (κ1) is 24.5. The third-order valence-corrected chi connectivity index (χ3v) is 6.25. The SMILES string of the molecule is CCN(CC)c1onc(-c2ccccc2)c1CN(Cc1ccco1)CC(O)CN1CCOCC1. The number of aliphatic hydroxyl groups is 1. The Morgan fingerprint density at radius 2 is 1.79 bits per heavy atom. The lowest BCUT2D eigenvalue weighted by atomic mass is 10.1. The normalized spacial score (nSPS) is 15.6. The van der Waals surface area contributed by atoms with Crippen molar-refractivity contribution in [3.05, 3.63) is 60.1 Å². The van der Waals surface area contributed by atoms with Crippen molar-refractivity contribution >= 4 is 5.88 Å². The summed E-state index contributed by atoms with van der Waals surface area (Å²) in [7, 11) is 0. The molecule has 0 bridgehead atoms. The number of nitrogens with zero attached hydrogens (tertiary/aromatic N) is 4. The summed E-state index contributed by atoms with van der Waals surface area (Å²) in [6, 6.07) is 14.0. The highest BCUT2D eigenvalue weighted by molar-refractivity contribution is 5.68. The zero-order valence-corrected chi connectivity index (χ0v) is 20.2. The topological polar surface area (TPSA) is 78.4 Å². The second-order valence-corrected chi connectivity index (χ2v) is 8.67. The van der Waals surface area contributed by atoms with E-state index in [1.54, 1.807) is 6.26 Å². The van der Waals surface area contributed by atoms with Crippen LogP contribution in [0.3, 0.4) is 0 Å². The number of hydrogen-bond donors (Lipinski definition) is 1. The van der Waals surface area contributed by atoms with Crippen molar-refractivity contribution in [2.45, 2.75) is 33.0 Å². The number of furan rings is 1. The van der Waals surface area contributed by atoms with Gasteiger partial charge < -0.3 is 23.7 Å². The van der Waals surface area contributed by atoms with Crippen LogP contribution in [0.1, 0.15) is 25.2 Å². The Labute approximate surface area is 201 Å². The predicted molar refractivity (Wildman–Crippen MR) is 132 cm³/mol. The average Bonchev–Trinajstić information content (AvgIpc) is 3.52. The lowest BCUT2D eigenvalue weighted by Crippen LogP contribution is -2.44. The molecule has 3 aromatic rings. The van der Waals surface area contributed by atoms with Gasteiger partial charge in [-0.2, -0.15) is 0 Å². The molecule has 1 aliphatic rings. The van der Waals surface area contributed by atoms with Crippen molar-refractivity contribution in [2.75, 3.05) is 57.4 Å². The largest absolute Gasteiger partial charge is 0.468 e. The van der Waals surface area contributed by atoms with Crippen LogP contribution in [0.15, 0.2) is 57.7 Å². The second-order valence-electron chi connectivity index (χ2n) is 8.67. The summed E-state index contributed by atoms with van der Waals surface area (Å²) in [5.74, 6) is 1.65. The fraction of sp³-hybridized carbons (Fsp3) is 0.500. The summed E-state index contributed by atoms with van der Waals surface area (Å²) in [6.07, 6.45) is 1.19.